The third-order valence-electron chi connectivity index (χ3n) is 2.39. The van der Waals surface area contributed by atoms with Gasteiger partial charge >= 0.3 is 11.9 Å². The van der Waals surface area contributed by atoms with Gasteiger partial charge in [-0.2, -0.15) is 0 Å². The van der Waals surface area contributed by atoms with Gasteiger partial charge in [0, 0.05) is 5.56 Å². The van der Waals surface area contributed by atoms with Crippen LogP contribution in [-0.2, 0) is 25.7 Å². The molecular formula is C14H18O6. The highest BCUT2D eigenvalue weighted by Gasteiger charge is 2.32. The molecule has 1 aromatic rings. The van der Waals surface area contributed by atoms with E-state index in [4.69, 9.17) is 14.2 Å². The minimum absolute atomic E-state index is 0.125. The van der Waals surface area contributed by atoms with E-state index in [1.54, 1.807) is 38.1 Å². The van der Waals surface area contributed by atoms with Crippen molar-refractivity contribution in [3.63, 3.8) is 0 Å². The van der Waals surface area contributed by atoms with Crippen LogP contribution in [0.1, 0.15) is 19.4 Å². The molecule has 0 spiro atoms. The van der Waals surface area contributed by atoms with E-state index in [0.29, 0.717) is 5.56 Å². The second kappa shape index (κ2) is 8.16. The van der Waals surface area contributed by atoms with E-state index in [1.165, 1.54) is 0 Å². The SMILES string of the molecule is CCOC(=O)C(Oc1ccccc1CO)C(=O)OCC. The molecule has 6 heteroatoms. The summed E-state index contributed by atoms with van der Waals surface area (Å²) in [7, 11) is 0. The third-order valence-corrected chi connectivity index (χ3v) is 2.39. The number of hydrogen-bond acceptors (Lipinski definition) is 6. The topological polar surface area (TPSA) is 82.1 Å². The molecule has 0 radical (unpaired) electrons. The second-order valence-electron chi connectivity index (χ2n) is 3.77. The van der Waals surface area contributed by atoms with Gasteiger partial charge in [0.1, 0.15) is 5.75 Å². The number of para-hydroxylation sites is 1. The summed E-state index contributed by atoms with van der Waals surface area (Å²) in [4.78, 5) is 23.5. The average molecular weight is 282 g/mol. The highest BCUT2D eigenvalue weighted by Crippen LogP contribution is 2.20. The van der Waals surface area contributed by atoms with Crippen molar-refractivity contribution >= 4 is 11.9 Å². The van der Waals surface area contributed by atoms with Gasteiger partial charge in [-0.3, -0.25) is 0 Å². The first kappa shape index (κ1) is 16.0. The van der Waals surface area contributed by atoms with Crippen LogP contribution >= 0.6 is 0 Å². The third kappa shape index (κ3) is 4.24. The van der Waals surface area contributed by atoms with Gasteiger partial charge in [0.25, 0.3) is 6.10 Å². The van der Waals surface area contributed by atoms with Gasteiger partial charge in [0.15, 0.2) is 0 Å². The molecule has 6 nitrogen and oxygen atoms in total. The van der Waals surface area contributed by atoms with E-state index in [9.17, 15) is 14.7 Å². The highest BCUT2D eigenvalue weighted by molar-refractivity contribution is 5.98. The molecule has 0 aliphatic carbocycles. The van der Waals surface area contributed by atoms with Gasteiger partial charge in [-0.1, -0.05) is 18.2 Å². The molecule has 0 aliphatic rings. The molecule has 0 amide bonds. The average Bonchev–Trinajstić information content (AvgIpc) is 2.45. The maximum absolute atomic E-state index is 11.8. The quantitative estimate of drug-likeness (QED) is 0.594. The molecule has 20 heavy (non-hydrogen) atoms. The van der Waals surface area contributed by atoms with Gasteiger partial charge in [0.05, 0.1) is 19.8 Å². The lowest BCUT2D eigenvalue weighted by atomic mass is 10.2. The van der Waals surface area contributed by atoms with Gasteiger partial charge in [0.2, 0.25) is 0 Å². The molecule has 110 valence electrons. The summed E-state index contributed by atoms with van der Waals surface area (Å²) in [5.74, 6) is -1.40. The van der Waals surface area contributed by atoms with Gasteiger partial charge in [-0.05, 0) is 19.9 Å². The predicted molar refractivity (Wildman–Crippen MR) is 70.0 cm³/mol. The fraction of sp³-hybridized carbons (Fsp3) is 0.429. The number of hydrogen-bond donors (Lipinski definition) is 1. The monoisotopic (exact) mass is 282 g/mol. The molecule has 0 saturated carbocycles. The summed E-state index contributed by atoms with van der Waals surface area (Å²) in [6.07, 6.45) is -1.50. The molecule has 0 unspecified atom stereocenters. The molecule has 1 aromatic carbocycles. The summed E-state index contributed by atoms with van der Waals surface area (Å²) in [6.45, 7) is 3.23. The number of aliphatic hydroxyl groups is 1. The first-order chi connectivity index (χ1) is 9.63. The predicted octanol–water partition coefficient (Wildman–Crippen LogP) is 1.05. The van der Waals surface area contributed by atoms with E-state index in [1.807, 2.05) is 0 Å². The Balaban J connectivity index is 2.93. The molecule has 0 aliphatic heterocycles. The van der Waals surface area contributed by atoms with E-state index in [-0.39, 0.29) is 25.6 Å². The first-order valence-electron chi connectivity index (χ1n) is 6.32. The number of esters is 2. The maximum Gasteiger partial charge on any atom is 0.359 e. The lowest BCUT2D eigenvalue weighted by molar-refractivity contribution is -0.166. The normalized spacial score (nSPS) is 10.2. The Morgan fingerprint density at radius 1 is 1.10 bits per heavy atom. The zero-order valence-corrected chi connectivity index (χ0v) is 11.5. The largest absolute Gasteiger partial charge is 0.466 e. The summed E-state index contributed by atoms with van der Waals surface area (Å²) >= 11 is 0. The van der Waals surface area contributed by atoms with Gasteiger partial charge in [-0.15, -0.1) is 0 Å². The van der Waals surface area contributed by atoms with Crippen LogP contribution in [0, 0.1) is 0 Å². The van der Waals surface area contributed by atoms with Crippen LogP contribution in [0.5, 0.6) is 5.75 Å². The maximum atomic E-state index is 11.8. The van der Waals surface area contributed by atoms with Crippen LogP contribution < -0.4 is 4.74 Å². The molecule has 0 bridgehead atoms. The van der Waals surface area contributed by atoms with Gasteiger partial charge < -0.3 is 19.3 Å². The fourth-order valence-electron chi connectivity index (χ4n) is 1.50. The van der Waals surface area contributed by atoms with Crippen molar-refractivity contribution in [2.45, 2.75) is 26.6 Å². The van der Waals surface area contributed by atoms with Crippen molar-refractivity contribution in [2.75, 3.05) is 13.2 Å². The van der Waals surface area contributed by atoms with Crippen molar-refractivity contribution < 1.29 is 28.9 Å². The Morgan fingerprint density at radius 3 is 2.15 bits per heavy atom. The number of carbonyl (C=O) groups excluding carboxylic acids is 2. The van der Waals surface area contributed by atoms with E-state index >= 15 is 0 Å². The molecule has 0 aromatic heterocycles. The summed E-state index contributed by atoms with van der Waals surface area (Å²) in [6, 6.07) is 6.56. The second-order valence-corrected chi connectivity index (χ2v) is 3.77. The minimum Gasteiger partial charge on any atom is -0.466 e. The Hall–Kier alpha value is -2.08. The standard InChI is InChI=1S/C14H18O6/c1-3-18-13(16)12(14(17)19-4-2)20-11-8-6-5-7-10(11)9-15/h5-8,12,15H,3-4,9H2,1-2H3. The van der Waals surface area contributed by atoms with Crippen molar-refractivity contribution in [1.82, 2.24) is 0 Å². The molecular weight excluding hydrogens is 264 g/mol. The first-order valence-corrected chi connectivity index (χ1v) is 6.32. The molecule has 0 fully saturated rings. The number of carbonyl (C=O) groups is 2. The number of rotatable bonds is 7. The van der Waals surface area contributed by atoms with Crippen molar-refractivity contribution in [2.24, 2.45) is 0 Å². The molecule has 1 rings (SSSR count). The number of aliphatic hydroxyl groups excluding tert-OH is 1. The minimum atomic E-state index is -1.50. The Morgan fingerprint density at radius 2 is 1.65 bits per heavy atom. The van der Waals surface area contributed by atoms with Crippen LogP contribution in [0.15, 0.2) is 24.3 Å². The fourth-order valence-corrected chi connectivity index (χ4v) is 1.50. The van der Waals surface area contributed by atoms with Gasteiger partial charge in [-0.25, -0.2) is 9.59 Å². The van der Waals surface area contributed by atoms with E-state index < -0.39 is 18.0 Å². The summed E-state index contributed by atoms with van der Waals surface area (Å²) in [5.41, 5.74) is 0.464. The highest BCUT2D eigenvalue weighted by atomic mass is 16.6. The molecule has 1 N–H and O–H groups in total. The van der Waals surface area contributed by atoms with Crippen molar-refractivity contribution in [3.05, 3.63) is 29.8 Å². The van der Waals surface area contributed by atoms with Crippen LogP contribution in [0.4, 0.5) is 0 Å². The lowest BCUT2D eigenvalue weighted by Crippen LogP contribution is -2.38. The van der Waals surface area contributed by atoms with Crippen molar-refractivity contribution in [3.8, 4) is 5.75 Å². The summed E-state index contributed by atoms with van der Waals surface area (Å²) < 4.78 is 14.9. The number of ether oxygens (including phenoxy) is 3. The van der Waals surface area contributed by atoms with Crippen molar-refractivity contribution in [1.29, 1.82) is 0 Å². The van der Waals surface area contributed by atoms with Crippen LogP contribution in [0.25, 0.3) is 0 Å². The zero-order valence-electron chi connectivity index (χ0n) is 11.5. The number of benzene rings is 1. The lowest BCUT2D eigenvalue weighted by Gasteiger charge is -2.17. The molecule has 0 heterocycles. The smallest absolute Gasteiger partial charge is 0.359 e. The zero-order chi connectivity index (χ0) is 15.0. The Kier molecular flexibility index (Phi) is 6.52. The Bertz CT molecular complexity index is 439. The van der Waals surface area contributed by atoms with Crippen LogP contribution in [0.3, 0.4) is 0 Å². The molecule has 0 saturated heterocycles. The van der Waals surface area contributed by atoms with E-state index in [0.717, 1.165) is 0 Å². The summed E-state index contributed by atoms with van der Waals surface area (Å²) in [5, 5.41) is 9.20. The Labute approximate surface area is 117 Å². The van der Waals surface area contributed by atoms with E-state index in [2.05, 4.69) is 0 Å². The van der Waals surface area contributed by atoms with Crippen LogP contribution in [0.2, 0.25) is 0 Å². The molecule has 0 atom stereocenters. The van der Waals surface area contributed by atoms with Crippen LogP contribution in [-0.4, -0.2) is 36.4 Å².